The van der Waals surface area contributed by atoms with Crippen LogP contribution in [0.25, 0.3) is 0 Å². The van der Waals surface area contributed by atoms with Crippen LogP contribution in [-0.4, -0.2) is 56.5 Å². The van der Waals surface area contributed by atoms with E-state index in [0.29, 0.717) is 44.0 Å². The summed E-state index contributed by atoms with van der Waals surface area (Å²) in [5.74, 6) is 0.454. The third kappa shape index (κ3) is 4.10. The molecule has 9 heteroatoms. The van der Waals surface area contributed by atoms with Crippen LogP contribution in [-0.2, 0) is 26.6 Å². The molecule has 168 valence electrons. The van der Waals surface area contributed by atoms with Gasteiger partial charge in [0.2, 0.25) is 0 Å². The topological polar surface area (TPSA) is 94.3 Å². The fraction of sp³-hybridized carbons (Fsp3) is 0.391. The normalized spacial score (nSPS) is 13.1. The zero-order chi connectivity index (χ0) is 22.8. The van der Waals surface area contributed by atoms with E-state index in [1.165, 1.54) is 0 Å². The molecule has 0 aliphatic carbocycles. The molecule has 1 aromatic carbocycles. The second-order valence-electron chi connectivity index (χ2n) is 7.91. The maximum atomic E-state index is 13.1. The summed E-state index contributed by atoms with van der Waals surface area (Å²) in [6.45, 7) is 5.65. The van der Waals surface area contributed by atoms with Gasteiger partial charge in [-0.25, -0.2) is 0 Å². The molecule has 32 heavy (non-hydrogen) atoms. The Morgan fingerprint density at radius 1 is 1.22 bits per heavy atom. The number of rotatable bonds is 6. The van der Waals surface area contributed by atoms with Gasteiger partial charge < -0.3 is 15.0 Å². The predicted octanol–water partition coefficient (Wildman–Crippen LogP) is 1.93. The number of fused-ring (bicyclic) bond motifs is 1. The Bertz CT molecular complexity index is 1160. The number of methoxy groups -OCH3 is 1. The van der Waals surface area contributed by atoms with Crippen molar-refractivity contribution in [1.82, 2.24) is 29.8 Å². The molecule has 3 aromatic rings. The van der Waals surface area contributed by atoms with E-state index in [4.69, 9.17) is 4.74 Å². The van der Waals surface area contributed by atoms with Crippen molar-refractivity contribution >= 4 is 11.8 Å². The van der Waals surface area contributed by atoms with E-state index in [0.717, 1.165) is 28.3 Å². The Morgan fingerprint density at radius 2 is 2.03 bits per heavy atom. The van der Waals surface area contributed by atoms with Gasteiger partial charge in [-0.3, -0.25) is 19.0 Å². The number of nitrogens with one attached hydrogen (secondary N) is 1. The molecule has 2 aromatic heterocycles. The van der Waals surface area contributed by atoms with Crippen molar-refractivity contribution in [2.45, 2.75) is 33.4 Å². The summed E-state index contributed by atoms with van der Waals surface area (Å²) >= 11 is 0. The van der Waals surface area contributed by atoms with E-state index >= 15 is 0 Å². The molecule has 1 aliphatic rings. The zero-order valence-electron chi connectivity index (χ0n) is 18.9. The molecule has 4 rings (SSSR count). The van der Waals surface area contributed by atoms with Crippen LogP contribution in [0.15, 0.2) is 30.3 Å². The smallest absolute Gasteiger partial charge is 0.272 e. The largest absolute Gasteiger partial charge is 0.497 e. The molecule has 0 saturated carbocycles. The van der Waals surface area contributed by atoms with Crippen LogP contribution in [0.3, 0.4) is 0 Å². The van der Waals surface area contributed by atoms with Crippen LogP contribution in [0.2, 0.25) is 0 Å². The van der Waals surface area contributed by atoms with Crippen molar-refractivity contribution in [2.75, 3.05) is 20.2 Å². The van der Waals surface area contributed by atoms with E-state index in [2.05, 4.69) is 15.5 Å². The molecule has 0 unspecified atom stereocenters. The van der Waals surface area contributed by atoms with Gasteiger partial charge in [0.25, 0.3) is 11.8 Å². The van der Waals surface area contributed by atoms with E-state index in [1.54, 1.807) is 29.8 Å². The predicted molar refractivity (Wildman–Crippen MR) is 119 cm³/mol. The highest BCUT2D eigenvalue weighted by atomic mass is 16.5. The second kappa shape index (κ2) is 8.86. The fourth-order valence-electron chi connectivity index (χ4n) is 4.14. The number of nitrogens with zero attached hydrogens (tertiary/aromatic N) is 5. The number of ether oxygens (including phenoxy) is 1. The number of benzene rings is 1. The minimum atomic E-state index is -0.223. The Balaban J connectivity index is 1.66. The molecule has 0 spiro atoms. The first-order valence-electron chi connectivity index (χ1n) is 10.7. The summed E-state index contributed by atoms with van der Waals surface area (Å²) in [4.78, 5) is 27.7. The minimum Gasteiger partial charge on any atom is -0.497 e. The maximum absolute atomic E-state index is 13.1. The summed E-state index contributed by atoms with van der Waals surface area (Å²) in [7, 11) is 3.40. The first-order valence-corrected chi connectivity index (χ1v) is 10.7. The number of aryl methyl sites for hydroxylation is 2. The SMILES string of the molecule is CCNC(=O)c1nn(Cc2cccc(OC)c2)c2c1CN(C(=O)c1cc(C)nn1C)CC2. The van der Waals surface area contributed by atoms with Crippen molar-refractivity contribution in [3.05, 3.63) is 64.2 Å². The van der Waals surface area contributed by atoms with Crippen LogP contribution in [0, 0.1) is 6.92 Å². The molecule has 0 radical (unpaired) electrons. The summed E-state index contributed by atoms with van der Waals surface area (Å²) in [5.41, 5.74) is 4.53. The monoisotopic (exact) mass is 436 g/mol. The van der Waals surface area contributed by atoms with Crippen molar-refractivity contribution in [1.29, 1.82) is 0 Å². The van der Waals surface area contributed by atoms with Gasteiger partial charge in [0.05, 0.1) is 25.9 Å². The minimum absolute atomic E-state index is 0.0962. The Hall–Kier alpha value is -3.62. The van der Waals surface area contributed by atoms with Gasteiger partial charge in [-0.1, -0.05) is 12.1 Å². The molecular weight excluding hydrogens is 408 g/mol. The number of amides is 2. The van der Waals surface area contributed by atoms with E-state index in [9.17, 15) is 9.59 Å². The third-order valence-electron chi connectivity index (χ3n) is 5.66. The van der Waals surface area contributed by atoms with Gasteiger partial charge in [0, 0.05) is 37.8 Å². The average Bonchev–Trinajstić information content (AvgIpc) is 3.32. The molecular formula is C23H28N6O3. The highest BCUT2D eigenvalue weighted by Crippen LogP contribution is 2.25. The number of carbonyl (C=O) groups is 2. The molecule has 0 fully saturated rings. The van der Waals surface area contributed by atoms with Crippen molar-refractivity contribution in [3.8, 4) is 5.75 Å². The molecule has 0 bridgehead atoms. The van der Waals surface area contributed by atoms with Crippen LogP contribution < -0.4 is 10.1 Å². The van der Waals surface area contributed by atoms with Crippen molar-refractivity contribution in [2.24, 2.45) is 7.05 Å². The first kappa shape index (κ1) is 21.6. The van der Waals surface area contributed by atoms with Crippen LogP contribution in [0.5, 0.6) is 5.75 Å². The van der Waals surface area contributed by atoms with Gasteiger partial charge in [0.15, 0.2) is 5.69 Å². The maximum Gasteiger partial charge on any atom is 0.272 e. The van der Waals surface area contributed by atoms with Crippen molar-refractivity contribution in [3.63, 3.8) is 0 Å². The molecule has 3 heterocycles. The van der Waals surface area contributed by atoms with Gasteiger partial charge in [0.1, 0.15) is 11.4 Å². The summed E-state index contributed by atoms with van der Waals surface area (Å²) in [6, 6.07) is 9.58. The van der Waals surface area contributed by atoms with E-state index in [-0.39, 0.29) is 11.8 Å². The summed E-state index contributed by atoms with van der Waals surface area (Å²) in [5, 5.41) is 11.8. The second-order valence-corrected chi connectivity index (χ2v) is 7.91. The summed E-state index contributed by atoms with van der Waals surface area (Å²) in [6.07, 6.45) is 0.619. The average molecular weight is 437 g/mol. The van der Waals surface area contributed by atoms with Gasteiger partial charge >= 0.3 is 0 Å². The quantitative estimate of drug-likeness (QED) is 0.637. The third-order valence-corrected chi connectivity index (χ3v) is 5.66. The number of hydrogen-bond acceptors (Lipinski definition) is 5. The number of hydrogen-bond donors (Lipinski definition) is 1. The Kier molecular flexibility index (Phi) is 5.98. The standard InChI is InChI=1S/C23H28N6O3/c1-5-24-22(30)21-18-14-28(23(31)20-11-15(2)25-27(20)3)10-9-19(18)29(26-21)13-16-7-6-8-17(12-16)32-4/h6-8,11-12H,5,9-10,13-14H2,1-4H3,(H,24,30). The summed E-state index contributed by atoms with van der Waals surface area (Å²) < 4.78 is 8.81. The molecule has 2 amide bonds. The van der Waals surface area contributed by atoms with Crippen LogP contribution in [0.4, 0.5) is 0 Å². The van der Waals surface area contributed by atoms with E-state index in [1.807, 2.05) is 42.8 Å². The molecule has 1 N–H and O–H groups in total. The molecule has 9 nitrogen and oxygen atoms in total. The lowest BCUT2D eigenvalue weighted by atomic mass is 10.0. The molecule has 1 aliphatic heterocycles. The molecule has 0 atom stereocenters. The van der Waals surface area contributed by atoms with Gasteiger partial charge in [-0.05, 0) is 37.6 Å². The number of aromatic nitrogens is 4. The highest BCUT2D eigenvalue weighted by Gasteiger charge is 2.31. The fourth-order valence-corrected chi connectivity index (χ4v) is 4.14. The van der Waals surface area contributed by atoms with Gasteiger partial charge in [-0.15, -0.1) is 0 Å². The van der Waals surface area contributed by atoms with Crippen LogP contribution in [0.1, 0.15) is 50.4 Å². The van der Waals surface area contributed by atoms with Gasteiger partial charge in [-0.2, -0.15) is 10.2 Å². The Labute approximate surface area is 187 Å². The lowest BCUT2D eigenvalue weighted by Crippen LogP contribution is -2.38. The lowest BCUT2D eigenvalue weighted by Gasteiger charge is -2.28. The zero-order valence-corrected chi connectivity index (χ0v) is 18.9. The first-order chi connectivity index (χ1) is 15.4. The van der Waals surface area contributed by atoms with Crippen LogP contribution >= 0.6 is 0 Å². The molecule has 0 saturated heterocycles. The Morgan fingerprint density at radius 3 is 2.72 bits per heavy atom. The highest BCUT2D eigenvalue weighted by molar-refractivity contribution is 5.95. The van der Waals surface area contributed by atoms with E-state index < -0.39 is 0 Å². The lowest BCUT2D eigenvalue weighted by molar-refractivity contribution is 0.0719. The number of carbonyl (C=O) groups excluding carboxylic acids is 2. The van der Waals surface area contributed by atoms with Crippen molar-refractivity contribution < 1.29 is 14.3 Å².